The van der Waals surface area contributed by atoms with Crippen LogP contribution in [0.2, 0.25) is 0 Å². The molecule has 1 heterocycles. The molecule has 0 radical (unpaired) electrons. The van der Waals surface area contributed by atoms with Crippen LogP contribution in [-0.4, -0.2) is 4.98 Å². The lowest BCUT2D eigenvalue weighted by atomic mass is 10.0. The summed E-state index contributed by atoms with van der Waals surface area (Å²) in [7, 11) is 0. The number of nitrogens with zero attached hydrogens (tertiary/aromatic N) is 1. The quantitative estimate of drug-likeness (QED) is 0.603. The van der Waals surface area contributed by atoms with Crippen LogP contribution in [0.1, 0.15) is 11.1 Å². The van der Waals surface area contributed by atoms with Crippen LogP contribution in [0.3, 0.4) is 0 Å². The Kier molecular flexibility index (Phi) is 2.70. The SMILES string of the molecule is Cc1ccc(C)c(-c2csc(NN)n2)c1. The van der Waals surface area contributed by atoms with Crippen molar-refractivity contribution >= 4 is 16.5 Å². The molecule has 0 amide bonds. The first-order valence-electron chi connectivity index (χ1n) is 4.70. The molecule has 2 rings (SSSR count). The second-order valence-corrected chi connectivity index (χ2v) is 4.36. The lowest BCUT2D eigenvalue weighted by molar-refractivity contribution is 1.28. The van der Waals surface area contributed by atoms with Crippen molar-refractivity contribution in [3.8, 4) is 11.3 Å². The van der Waals surface area contributed by atoms with Crippen LogP contribution in [0.15, 0.2) is 23.6 Å². The normalized spacial score (nSPS) is 10.3. The number of hydrogen-bond donors (Lipinski definition) is 2. The van der Waals surface area contributed by atoms with Crippen LogP contribution in [0.4, 0.5) is 5.13 Å². The van der Waals surface area contributed by atoms with Crippen molar-refractivity contribution in [2.24, 2.45) is 5.84 Å². The average molecular weight is 219 g/mol. The highest BCUT2D eigenvalue weighted by Crippen LogP contribution is 2.27. The summed E-state index contributed by atoms with van der Waals surface area (Å²) in [6.45, 7) is 4.17. The second kappa shape index (κ2) is 4.00. The lowest BCUT2D eigenvalue weighted by Gasteiger charge is -2.03. The van der Waals surface area contributed by atoms with Gasteiger partial charge in [-0.2, -0.15) is 0 Å². The number of aromatic nitrogens is 1. The van der Waals surface area contributed by atoms with Gasteiger partial charge in [0.2, 0.25) is 0 Å². The largest absolute Gasteiger partial charge is 0.300 e. The number of nitrogens with two attached hydrogens (primary N) is 1. The van der Waals surface area contributed by atoms with E-state index in [9.17, 15) is 0 Å². The average Bonchev–Trinajstić information content (AvgIpc) is 2.70. The molecule has 1 aromatic carbocycles. The van der Waals surface area contributed by atoms with Crippen molar-refractivity contribution in [1.82, 2.24) is 4.98 Å². The van der Waals surface area contributed by atoms with E-state index in [-0.39, 0.29) is 0 Å². The minimum atomic E-state index is 0.742. The van der Waals surface area contributed by atoms with Gasteiger partial charge in [0.15, 0.2) is 5.13 Å². The Morgan fingerprint density at radius 1 is 1.33 bits per heavy atom. The Morgan fingerprint density at radius 3 is 2.80 bits per heavy atom. The summed E-state index contributed by atoms with van der Waals surface area (Å²) < 4.78 is 0. The van der Waals surface area contributed by atoms with E-state index in [2.05, 4.69) is 42.5 Å². The molecule has 78 valence electrons. The first-order chi connectivity index (χ1) is 7.20. The molecule has 0 saturated carbocycles. The maximum atomic E-state index is 5.31. The van der Waals surface area contributed by atoms with E-state index in [1.165, 1.54) is 28.0 Å². The third-order valence-electron chi connectivity index (χ3n) is 2.30. The van der Waals surface area contributed by atoms with Gasteiger partial charge in [-0.1, -0.05) is 17.7 Å². The molecule has 0 aliphatic rings. The molecule has 0 fully saturated rings. The Morgan fingerprint density at radius 2 is 2.13 bits per heavy atom. The van der Waals surface area contributed by atoms with Crippen molar-refractivity contribution in [3.05, 3.63) is 34.7 Å². The summed E-state index contributed by atoms with van der Waals surface area (Å²) in [5.74, 6) is 5.31. The topological polar surface area (TPSA) is 50.9 Å². The summed E-state index contributed by atoms with van der Waals surface area (Å²) in [5.41, 5.74) is 7.19. The molecule has 0 saturated heterocycles. The number of rotatable bonds is 2. The molecule has 0 spiro atoms. The molecule has 15 heavy (non-hydrogen) atoms. The summed E-state index contributed by atoms with van der Waals surface area (Å²) in [6, 6.07) is 6.36. The molecule has 2 aromatic rings. The number of thiazole rings is 1. The third-order valence-corrected chi connectivity index (χ3v) is 3.07. The van der Waals surface area contributed by atoms with Crippen LogP contribution in [0, 0.1) is 13.8 Å². The molecular formula is C11H13N3S. The van der Waals surface area contributed by atoms with Gasteiger partial charge in [-0.3, -0.25) is 5.43 Å². The number of hydrogen-bond acceptors (Lipinski definition) is 4. The van der Waals surface area contributed by atoms with Crippen LogP contribution in [-0.2, 0) is 0 Å². The number of nitrogen functional groups attached to an aromatic ring is 1. The van der Waals surface area contributed by atoms with Gasteiger partial charge < -0.3 is 0 Å². The molecule has 0 aliphatic heterocycles. The van der Waals surface area contributed by atoms with Gasteiger partial charge in [-0.05, 0) is 25.5 Å². The minimum absolute atomic E-state index is 0.742. The van der Waals surface area contributed by atoms with Crippen LogP contribution >= 0.6 is 11.3 Å². The fourth-order valence-electron chi connectivity index (χ4n) is 1.48. The van der Waals surface area contributed by atoms with Gasteiger partial charge in [0.1, 0.15) is 0 Å². The number of benzene rings is 1. The molecule has 3 N–H and O–H groups in total. The second-order valence-electron chi connectivity index (χ2n) is 3.50. The zero-order chi connectivity index (χ0) is 10.8. The highest BCUT2D eigenvalue weighted by molar-refractivity contribution is 7.14. The highest BCUT2D eigenvalue weighted by Gasteiger charge is 2.06. The summed E-state index contributed by atoms with van der Waals surface area (Å²) in [6.07, 6.45) is 0. The molecule has 0 bridgehead atoms. The Hall–Kier alpha value is -1.39. The highest BCUT2D eigenvalue weighted by atomic mass is 32.1. The monoisotopic (exact) mass is 219 g/mol. The van der Waals surface area contributed by atoms with Crippen LogP contribution < -0.4 is 11.3 Å². The maximum absolute atomic E-state index is 5.31. The third kappa shape index (κ3) is 2.00. The van der Waals surface area contributed by atoms with Crippen LogP contribution in [0.25, 0.3) is 11.3 Å². The zero-order valence-electron chi connectivity index (χ0n) is 8.74. The first-order valence-corrected chi connectivity index (χ1v) is 5.58. The van der Waals surface area contributed by atoms with Gasteiger partial charge in [0.05, 0.1) is 5.69 Å². The summed E-state index contributed by atoms with van der Waals surface area (Å²) in [5, 5.41) is 2.75. The van der Waals surface area contributed by atoms with Crippen molar-refractivity contribution in [2.75, 3.05) is 5.43 Å². The number of hydrazine groups is 1. The van der Waals surface area contributed by atoms with Gasteiger partial charge in [0.25, 0.3) is 0 Å². The van der Waals surface area contributed by atoms with E-state index < -0.39 is 0 Å². The molecule has 0 aliphatic carbocycles. The lowest BCUT2D eigenvalue weighted by Crippen LogP contribution is -2.05. The van der Waals surface area contributed by atoms with Gasteiger partial charge in [-0.25, -0.2) is 10.8 Å². The standard InChI is InChI=1S/C11H13N3S/c1-7-3-4-8(2)9(5-7)10-6-15-11(13-10)14-12/h3-6H,12H2,1-2H3,(H,13,14). The predicted molar refractivity (Wildman–Crippen MR) is 64.8 cm³/mol. The van der Waals surface area contributed by atoms with Crippen molar-refractivity contribution < 1.29 is 0 Å². The van der Waals surface area contributed by atoms with E-state index in [1.807, 2.05) is 5.38 Å². The molecule has 1 aromatic heterocycles. The van der Waals surface area contributed by atoms with E-state index >= 15 is 0 Å². The van der Waals surface area contributed by atoms with Crippen LogP contribution in [0.5, 0.6) is 0 Å². The molecule has 4 heteroatoms. The van der Waals surface area contributed by atoms with Crippen molar-refractivity contribution in [1.29, 1.82) is 0 Å². The van der Waals surface area contributed by atoms with E-state index in [0.29, 0.717) is 0 Å². The molecular weight excluding hydrogens is 206 g/mol. The Bertz CT molecular complexity index is 476. The van der Waals surface area contributed by atoms with Crippen molar-refractivity contribution in [2.45, 2.75) is 13.8 Å². The first kappa shape index (κ1) is 10.1. The van der Waals surface area contributed by atoms with E-state index in [4.69, 9.17) is 5.84 Å². The predicted octanol–water partition coefficient (Wildman–Crippen LogP) is 2.71. The Labute approximate surface area is 92.9 Å². The summed E-state index contributed by atoms with van der Waals surface area (Å²) in [4.78, 5) is 4.38. The van der Waals surface area contributed by atoms with E-state index in [1.54, 1.807) is 0 Å². The fraction of sp³-hybridized carbons (Fsp3) is 0.182. The molecule has 3 nitrogen and oxygen atoms in total. The van der Waals surface area contributed by atoms with Crippen molar-refractivity contribution in [3.63, 3.8) is 0 Å². The maximum Gasteiger partial charge on any atom is 0.197 e. The summed E-state index contributed by atoms with van der Waals surface area (Å²) >= 11 is 1.51. The number of anilines is 1. The van der Waals surface area contributed by atoms with E-state index in [0.717, 1.165) is 10.8 Å². The van der Waals surface area contributed by atoms with Gasteiger partial charge in [-0.15, -0.1) is 11.3 Å². The smallest absolute Gasteiger partial charge is 0.197 e. The molecule has 0 atom stereocenters. The fourth-order valence-corrected chi connectivity index (χ4v) is 2.10. The zero-order valence-corrected chi connectivity index (χ0v) is 9.56. The van der Waals surface area contributed by atoms with Gasteiger partial charge in [0, 0.05) is 10.9 Å². The number of nitrogens with one attached hydrogen (secondary N) is 1. The number of aryl methyl sites for hydroxylation is 2. The van der Waals surface area contributed by atoms with Gasteiger partial charge >= 0.3 is 0 Å². The minimum Gasteiger partial charge on any atom is -0.300 e. The Balaban J connectivity index is 2.48. The molecule has 0 unspecified atom stereocenters.